The van der Waals surface area contributed by atoms with Crippen LogP contribution in [0.4, 0.5) is 0 Å². The zero-order chi connectivity index (χ0) is 15.4. The summed E-state index contributed by atoms with van der Waals surface area (Å²) in [6.45, 7) is 7.71. The van der Waals surface area contributed by atoms with Gasteiger partial charge in [0, 0.05) is 19.1 Å². The Morgan fingerprint density at radius 2 is 2.24 bits per heavy atom. The molecule has 1 aromatic rings. The summed E-state index contributed by atoms with van der Waals surface area (Å²) in [6.07, 6.45) is 2.14. The van der Waals surface area contributed by atoms with Crippen LogP contribution in [0.3, 0.4) is 0 Å². The predicted octanol–water partition coefficient (Wildman–Crippen LogP) is 2.27. The van der Waals surface area contributed by atoms with Gasteiger partial charge in [0.15, 0.2) is 6.61 Å². The normalized spacial score (nSPS) is 20.2. The van der Waals surface area contributed by atoms with Gasteiger partial charge in [0.05, 0.1) is 0 Å². The molecule has 0 aliphatic carbocycles. The largest absolute Gasteiger partial charge is 0.483 e. The highest BCUT2D eigenvalue weighted by Crippen LogP contribution is 2.21. The van der Waals surface area contributed by atoms with Gasteiger partial charge in [0.25, 0.3) is 5.91 Å². The van der Waals surface area contributed by atoms with Gasteiger partial charge in [-0.05, 0) is 56.7 Å². The average molecular weight is 290 g/mol. The van der Waals surface area contributed by atoms with Gasteiger partial charge in [-0.15, -0.1) is 0 Å². The number of nitrogens with zero attached hydrogens (tertiary/aromatic N) is 1. The number of carbonyl (C=O) groups is 1. The van der Waals surface area contributed by atoms with Gasteiger partial charge >= 0.3 is 0 Å². The van der Waals surface area contributed by atoms with E-state index >= 15 is 0 Å². The first kappa shape index (κ1) is 15.8. The van der Waals surface area contributed by atoms with Gasteiger partial charge in [0.1, 0.15) is 5.75 Å². The smallest absolute Gasteiger partial charge is 0.260 e. The molecule has 2 N–H and O–H groups in total. The average Bonchev–Trinajstić information content (AvgIpc) is 2.48. The summed E-state index contributed by atoms with van der Waals surface area (Å²) in [5.74, 6) is 1.26. The molecule has 21 heavy (non-hydrogen) atoms. The quantitative estimate of drug-likeness (QED) is 0.925. The second-order valence-corrected chi connectivity index (χ2v) is 6.16. The van der Waals surface area contributed by atoms with Crippen LogP contribution in [-0.4, -0.2) is 36.5 Å². The van der Waals surface area contributed by atoms with Crippen LogP contribution in [0.25, 0.3) is 0 Å². The summed E-state index contributed by atoms with van der Waals surface area (Å²) in [5.41, 5.74) is 8.15. The maximum Gasteiger partial charge on any atom is 0.260 e. The first-order chi connectivity index (χ1) is 9.97. The fourth-order valence-electron chi connectivity index (χ4n) is 2.76. The molecule has 1 aliphatic rings. The van der Waals surface area contributed by atoms with Crippen molar-refractivity contribution in [3.63, 3.8) is 0 Å². The van der Waals surface area contributed by atoms with Crippen molar-refractivity contribution in [2.45, 2.75) is 39.7 Å². The third-order valence-electron chi connectivity index (χ3n) is 4.25. The number of benzene rings is 1. The highest BCUT2D eigenvalue weighted by atomic mass is 16.5. The van der Waals surface area contributed by atoms with Gasteiger partial charge in [-0.2, -0.15) is 0 Å². The number of piperidine rings is 1. The number of rotatable bonds is 4. The van der Waals surface area contributed by atoms with E-state index in [1.54, 1.807) is 0 Å². The lowest BCUT2D eigenvalue weighted by molar-refractivity contribution is -0.135. The molecule has 0 unspecified atom stereocenters. The fraction of sp³-hybridized carbons (Fsp3) is 0.588. The molecule has 2 atom stereocenters. The Labute approximate surface area is 127 Å². The minimum absolute atomic E-state index is 0.0567. The molecule has 1 fully saturated rings. The van der Waals surface area contributed by atoms with Crippen molar-refractivity contribution in [1.82, 2.24) is 4.90 Å². The van der Waals surface area contributed by atoms with E-state index in [1.165, 1.54) is 0 Å². The molecule has 116 valence electrons. The van der Waals surface area contributed by atoms with Crippen molar-refractivity contribution in [1.29, 1.82) is 0 Å². The summed E-state index contributed by atoms with van der Waals surface area (Å²) in [4.78, 5) is 14.2. The lowest BCUT2D eigenvalue weighted by atomic mass is 9.92. The van der Waals surface area contributed by atoms with E-state index in [0.717, 1.165) is 42.8 Å². The van der Waals surface area contributed by atoms with E-state index in [-0.39, 0.29) is 18.6 Å². The minimum Gasteiger partial charge on any atom is -0.483 e. The van der Waals surface area contributed by atoms with Crippen molar-refractivity contribution >= 4 is 5.91 Å². The maximum absolute atomic E-state index is 12.3. The Morgan fingerprint density at radius 3 is 2.95 bits per heavy atom. The summed E-state index contributed by atoms with van der Waals surface area (Å²) in [5, 5.41) is 0. The highest BCUT2D eigenvalue weighted by Gasteiger charge is 2.25. The lowest BCUT2D eigenvalue weighted by Crippen LogP contribution is -2.46. The van der Waals surface area contributed by atoms with E-state index in [9.17, 15) is 4.79 Å². The monoisotopic (exact) mass is 290 g/mol. The molecule has 0 saturated carbocycles. The molecule has 4 nitrogen and oxygen atoms in total. The van der Waals surface area contributed by atoms with Gasteiger partial charge in [0.2, 0.25) is 0 Å². The number of carbonyl (C=O) groups excluding carboxylic acids is 1. The standard InChI is InChI=1S/C17H26N2O2/c1-12-6-7-13(2)16(9-12)21-11-17(20)19-8-4-5-15(10-19)14(3)18/h6-7,9,14-15H,4-5,8,10-11,18H2,1-3H3/t14-,15+/m0/s1. The Kier molecular flexibility index (Phi) is 5.23. The topological polar surface area (TPSA) is 55.6 Å². The third-order valence-corrected chi connectivity index (χ3v) is 4.25. The molecule has 0 spiro atoms. The Hall–Kier alpha value is -1.55. The Balaban J connectivity index is 1.91. The van der Waals surface area contributed by atoms with E-state index in [2.05, 4.69) is 0 Å². The Morgan fingerprint density at radius 1 is 1.48 bits per heavy atom. The Bertz CT molecular complexity index is 500. The van der Waals surface area contributed by atoms with Crippen LogP contribution in [0.5, 0.6) is 5.75 Å². The van der Waals surface area contributed by atoms with Crippen LogP contribution in [0.15, 0.2) is 18.2 Å². The first-order valence-corrected chi connectivity index (χ1v) is 7.71. The number of likely N-dealkylation sites (tertiary alicyclic amines) is 1. The number of amides is 1. The molecule has 1 aliphatic heterocycles. The summed E-state index contributed by atoms with van der Waals surface area (Å²) >= 11 is 0. The lowest BCUT2D eigenvalue weighted by Gasteiger charge is -2.34. The van der Waals surface area contributed by atoms with Crippen LogP contribution in [-0.2, 0) is 4.79 Å². The van der Waals surface area contributed by atoms with Crippen molar-refractivity contribution < 1.29 is 9.53 Å². The number of aryl methyl sites for hydroxylation is 2. The summed E-state index contributed by atoms with van der Waals surface area (Å²) < 4.78 is 5.71. The molecule has 1 saturated heterocycles. The zero-order valence-corrected chi connectivity index (χ0v) is 13.3. The van der Waals surface area contributed by atoms with E-state index in [1.807, 2.05) is 43.9 Å². The van der Waals surface area contributed by atoms with E-state index in [4.69, 9.17) is 10.5 Å². The molecular weight excluding hydrogens is 264 g/mol. The minimum atomic E-state index is 0.0567. The number of ether oxygens (including phenoxy) is 1. The molecule has 1 heterocycles. The maximum atomic E-state index is 12.3. The number of hydrogen-bond acceptors (Lipinski definition) is 3. The van der Waals surface area contributed by atoms with Gasteiger partial charge in [-0.25, -0.2) is 0 Å². The molecule has 2 rings (SSSR count). The van der Waals surface area contributed by atoms with Crippen LogP contribution >= 0.6 is 0 Å². The molecule has 0 radical (unpaired) electrons. The van der Waals surface area contributed by atoms with E-state index < -0.39 is 0 Å². The summed E-state index contributed by atoms with van der Waals surface area (Å²) in [7, 11) is 0. The molecule has 0 bridgehead atoms. The van der Waals surface area contributed by atoms with Crippen molar-refractivity contribution in [2.24, 2.45) is 11.7 Å². The van der Waals surface area contributed by atoms with Crippen molar-refractivity contribution in [3.8, 4) is 5.75 Å². The predicted molar refractivity (Wildman–Crippen MR) is 84.4 cm³/mol. The summed E-state index contributed by atoms with van der Waals surface area (Å²) in [6, 6.07) is 6.17. The zero-order valence-electron chi connectivity index (χ0n) is 13.3. The molecule has 1 amide bonds. The van der Waals surface area contributed by atoms with Crippen molar-refractivity contribution in [2.75, 3.05) is 19.7 Å². The molecule has 4 heteroatoms. The van der Waals surface area contributed by atoms with Crippen LogP contribution in [0.1, 0.15) is 30.9 Å². The molecular formula is C17H26N2O2. The van der Waals surface area contributed by atoms with Gasteiger partial charge < -0.3 is 15.4 Å². The van der Waals surface area contributed by atoms with E-state index in [0.29, 0.717) is 5.92 Å². The van der Waals surface area contributed by atoms with Crippen LogP contribution in [0.2, 0.25) is 0 Å². The van der Waals surface area contributed by atoms with Crippen LogP contribution < -0.4 is 10.5 Å². The SMILES string of the molecule is Cc1ccc(C)c(OCC(=O)N2CCC[C@@H]([C@H](C)N)C2)c1. The second-order valence-electron chi connectivity index (χ2n) is 6.16. The first-order valence-electron chi connectivity index (χ1n) is 7.71. The van der Waals surface area contributed by atoms with Gasteiger partial charge in [-0.1, -0.05) is 12.1 Å². The fourth-order valence-corrected chi connectivity index (χ4v) is 2.76. The van der Waals surface area contributed by atoms with Crippen molar-refractivity contribution in [3.05, 3.63) is 29.3 Å². The molecule has 1 aromatic carbocycles. The van der Waals surface area contributed by atoms with Crippen LogP contribution in [0, 0.1) is 19.8 Å². The molecule has 0 aromatic heterocycles. The third kappa shape index (κ3) is 4.21. The number of hydrogen-bond donors (Lipinski definition) is 1. The van der Waals surface area contributed by atoms with Gasteiger partial charge in [-0.3, -0.25) is 4.79 Å². The number of nitrogens with two attached hydrogens (primary N) is 1. The second kappa shape index (κ2) is 6.94. The highest BCUT2D eigenvalue weighted by molar-refractivity contribution is 5.78.